The van der Waals surface area contributed by atoms with Crippen molar-refractivity contribution in [2.75, 3.05) is 28.4 Å². The van der Waals surface area contributed by atoms with E-state index in [0.717, 1.165) is 130 Å². The molecule has 0 amide bonds. The van der Waals surface area contributed by atoms with Gasteiger partial charge in [0.25, 0.3) is 16.7 Å². The van der Waals surface area contributed by atoms with Crippen LogP contribution in [0.4, 0.5) is 13.2 Å². The van der Waals surface area contributed by atoms with Crippen LogP contribution in [0.5, 0.6) is 17.2 Å². The van der Waals surface area contributed by atoms with Crippen molar-refractivity contribution in [3.05, 3.63) is 231 Å². The van der Waals surface area contributed by atoms with Gasteiger partial charge in [-0.3, -0.25) is 43.1 Å². The maximum atomic E-state index is 13.7. The minimum absolute atomic E-state index is 0. The average molecular weight is 1970 g/mol. The molecule has 0 aliphatic carbocycles. The number of carbonyl (C=O) groups is 7. The van der Waals surface area contributed by atoms with Crippen LogP contribution in [-0.2, 0) is 77.4 Å². The molecular formula is C101H111F3ILiN12O18. The van der Waals surface area contributed by atoms with Crippen LogP contribution in [0, 0.1) is 123 Å². The molecule has 0 saturated heterocycles. The molecule has 4 aliphatic rings. The second-order valence-electron chi connectivity index (χ2n) is 35.1. The number of rotatable bonds is 10. The molecule has 0 spiro atoms. The summed E-state index contributed by atoms with van der Waals surface area (Å²) in [7, 11) is 4.59. The Balaban J connectivity index is 0.000000177. The molecule has 17 rings (SSSR count). The van der Waals surface area contributed by atoms with Crippen molar-refractivity contribution >= 4 is 91.8 Å². The Kier molecular flexibility index (Phi) is 31.8. The predicted molar refractivity (Wildman–Crippen MR) is 503 cm³/mol. The molecule has 11 heterocycles. The number of carbonyl (C=O) groups excluding carboxylic acids is 6. The number of aldehydes is 1. The summed E-state index contributed by atoms with van der Waals surface area (Å²) in [4.78, 5) is 146. The number of hydrogen-bond donors (Lipinski definition) is 6. The SMILES string of the molecule is COC(=O)C(C(C)=O)C(=O)OC.COC(=O)c1c(O)c2c([nH]c1=O)-c1nc3c(C)c(C)c(C)c(C)c3n1CC2C.COC(=O)c1c(O)c2c(n(Cc3ccccc3)c1=O)-c1nc3c(C)c(C)c(C)c(C)c3n1CC2C.Cc1c(C)c(C)c2c(nc3n2CC(C)CC3=NCc2ccccc2)c1C.Cc1c(C)c(C)c2c(nc3n2CC(C)c2c-3[nH]c(=O)c(C(=O)O)c2O)c1C.O=CC(F)(F)F.[I-].[Li+]. The summed E-state index contributed by atoms with van der Waals surface area (Å²) in [6, 6.07) is 20.1. The van der Waals surface area contributed by atoms with Gasteiger partial charge in [-0.05, 0) is 230 Å². The van der Waals surface area contributed by atoms with Crippen LogP contribution >= 0.6 is 0 Å². The van der Waals surface area contributed by atoms with E-state index in [4.69, 9.17) is 34.5 Å². The summed E-state index contributed by atoms with van der Waals surface area (Å²) < 4.78 is 59.6. The molecule has 4 unspecified atom stereocenters. The third-order valence-electron chi connectivity index (χ3n) is 27.1. The van der Waals surface area contributed by atoms with Crippen LogP contribution in [-0.4, -0.2) is 155 Å². The second kappa shape index (κ2) is 41.2. The number of carboxylic acid groups (broad SMARTS) is 1. The molecular weight excluding hydrogens is 1860 g/mol. The number of aliphatic imine (C=N–C) groups is 1. The topological polar surface area (TPSA) is 409 Å². The first-order valence-electron chi connectivity index (χ1n) is 43.6. The molecule has 6 N–H and O–H groups in total. The number of pyridine rings is 3. The Morgan fingerprint density at radius 2 is 0.794 bits per heavy atom. The number of ketones is 1. The Morgan fingerprint density at radius 1 is 0.471 bits per heavy atom. The van der Waals surface area contributed by atoms with Crippen LogP contribution in [0.3, 0.4) is 0 Å². The molecule has 712 valence electrons. The van der Waals surface area contributed by atoms with E-state index < -0.39 is 82.0 Å². The molecule has 6 aromatic carbocycles. The van der Waals surface area contributed by atoms with Gasteiger partial charge in [-0.1, -0.05) is 88.4 Å². The molecule has 13 aromatic rings. The number of Topliss-reactive ketones (excluding diaryl/α,β-unsaturated/α-hetero) is 1. The summed E-state index contributed by atoms with van der Waals surface area (Å²) in [6.07, 6.45) is -4.70. The maximum Gasteiger partial charge on any atom is 1.00 e. The van der Waals surface area contributed by atoms with Crippen LogP contribution in [0.25, 0.3) is 78.7 Å². The number of esters is 4. The Hall–Kier alpha value is -13.1. The van der Waals surface area contributed by atoms with Gasteiger partial charge in [-0.15, -0.1) is 0 Å². The van der Waals surface area contributed by atoms with Crippen LogP contribution in [0.2, 0.25) is 0 Å². The van der Waals surface area contributed by atoms with E-state index in [-0.39, 0.29) is 89.8 Å². The van der Waals surface area contributed by atoms with E-state index in [2.05, 4.69) is 177 Å². The number of aromatic amines is 2. The number of H-pyrrole nitrogens is 2. The first-order chi connectivity index (χ1) is 63.1. The Bertz CT molecular complexity index is 7280. The number of hydrogen-bond acceptors (Lipinski definition) is 22. The third-order valence-corrected chi connectivity index (χ3v) is 27.1. The van der Waals surface area contributed by atoms with Crippen molar-refractivity contribution in [2.45, 2.75) is 215 Å². The van der Waals surface area contributed by atoms with Gasteiger partial charge in [0, 0.05) is 60.6 Å². The molecule has 0 radical (unpaired) electrons. The first-order valence-corrected chi connectivity index (χ1v) is 43.6. The zero-order valence-electron chi connectivity index (χ0n) is 81.2. The summed E-state index contributed by atoms with van der Waals surface area (Å²) >= 11 is 0. The number of aromatic carboxylic acids is 1. The number of fused-ring (bicyclic) bond motifs is 18. The Morgan fingerprint density at radius 3 is 1.16 bits per heavy atom. The summed E-state index contributed by atoms with van der Waals surface area (Å²) in [6.45, 7) is 46.8. The molecule has 7 aromatic heterocycles. The number of ether oxygens (including phenoxy) is 4. The minimum Gasteiger partial charge on any atom is -1.00 e. The molecule has 4 aliphatic heterocycles. The summed E-state index contributed by atoms with van der Waals surface area (Å²) in [5, 5.41) is 41.7. The van der Waals surface area contributed by atoms with Crippen molar-refractivity contribution in [3.8, 4) is 51.8 Å². The number of aromatic nitrogens is 11. The van der Waals surface area contributed by atoms with Gasteiger partial charge in [0.05, 0.1) is 108 Å². The zero-order valence-corrected chi connectivity index (χ0v) is 83.3. The zero-order chi connectivity index (χ0) is 98.8. The number of aryl methyl sites for hydroxylation is 8. The second-order valence-corrected chi connectivity index (χ2v) is 35.1. The van der Waals surface area contributed by atoms with Gasteiger partial charge in [0.2, 0.25) is 12.2 Å². The molecule has 4 atom stereocenters. The van der Waals surface area contributed by atoms with Gasteiger partial charge in [-0.25, -0.2) is 34.3 Å². The number of nitrogens with zero attached hydrogens (tertiary/aromatic N) is 10. The van der Waals surface area contributed by atoms with E-state index >= 15 is 0 Å². The van der Waals surface area contributed by atoms with Crippen molar-refractivity contribution < 1.29 is 129 Å². The van der Waals surface area contributed by atoms with Crippen molar-refractivity contribution in [3.63, 3.8) is 0 Å². The van der Waals surface area contributed by atoms with E-state index in [9.17, 15) is 76.7 Å². The number of carboxylic acids is 1. The molecule has 0 bridgehead atoms. The standard InChI is InChI=1S/C28H29N3O4.C23H27N3.C21H23N3O4.C20H21N3O4.C7H10O5.C2HF3O.HI.Li/c1-14-12-30-23-18(5)16(3)15(2)17(4)22(23)29-26(30)24-20(14)25(32)21(28(34)35-6)27(33)31(24)13-19-10-8-7-9-11-19;1-14-11-20(24-12-19-9-7-6-8-10-19)23-25-21-17(4)15(2)16(3)18(5)22(21)26(23)13-14;1-8-7-24-17-12(5)10(3)9(2)11(4)15(17)22-19(24)16-13(8)18(25)14(20(26)23-16)21(27)28-6;1-7-6-23-16-11(5)9(3)8(2)10(4)14(16)21-18(23)15-12(7)17(24)13(20(26)27)19(25)22-15;1-4(8)5(6(9)11-2)7(10)12-3;3-2(4,5)1-6;;/h7-11,14,32H,12-13H2,1-6H3;6-10,14H,11-13H2,1-5H3;8H,7H2,1-6H3,(H2,23,25,26);7H,6H2,1-5H3,(H,26,27)(H2,22,24,25);5H,1-3H3;1H;1H;/q;;;;;;;+1/p-1. The van der Waals surface area contributed by atoms with Crippen LogP contribution in [0.15, 0.2) is 80.0 Å². The molecule has 136 heavy (non-hydrogen) atoms. The minimum atomic E-state index is -4.64. The van der Waals surface area contributed by atoms with E-state index in [0.29, 0.717) is 76.8 Å². The van der Waals surface area contributed by atoms with Crippen LogP contribution in [0.1, 0.15) is 213 Å². The van der Waals surface area contributed by atoms with Crippen LogP contribution < -0.4 is 59.5 Å². The van der Waals surface area contributed by atoms with Gasteiger partial charge < -0.3 is 91.6 Å². The summed E-state index contributed by atoms with van der Waals surface area (Å²) in [5.41, 5.74) is 30.4. The fourth-order valence-electron chi connectivity index (χ4n) is 18.7. The molecule has 35 heteroatoms. The number of imidazole rings is 4. The number of halogens is 4. The first kappa shape index (κ1) is 105. The van der Waals surface area contributed by atoms with Crippen molar-refractivity contribution in [1.82, 2.24) is 52.7 Å². The normalized spacial score (nSPS) is 14.9. The number of benzene rings is 6. The molecule has 30 nitrogen and oxygen atoms in total. The molecule has 0 fully saturated rings. The average Bonchev–Trinajstić information content (AvgIpc) is 1.64. The van der Waals surface area contributed by atoms with E-state index in [1.54, 1.807) is 4.57 Å². The smallest absolute Gasteiger partial charge is 1.00 e. The fourth-order valence-corrected chi connectivity index (χ4v) is 18.7. The van der Waals surface area contributed by atoms with Gasteiger partial charge in [0.1, 0.15) is 17.2 Å². The van der Waals surface area contributed by atoms with Gasteiger partial charge in [0.15, 0.2) is 45.8 Å². The fraction of sp³-hybridized carbons (Fsp3) is 0.376. The van der Waals surface area contributed by atoms with Crippen molar-refractivity contribution in [2.24, 2.45) is 16.8 Å². The largest absolute Gasteiger partial charge is 1.00 e. The monoisotopic (exact) mass is 1970 g/mol. The third kappa shape index (κ3) is 19.0. The maximum absolute atomic E-state index is 13.7. The van der Waals surface area contributed by atoms with Crippen molar-refractivity contribution in [1.29, 1.82) is 0 Å². The van der Waals surface area contributed by atoms with E-state index in [1.165, 1.54) is 80.9 Å². The summed E-state index contributed by atoms with van der Waals surface area (Å²) in [5.74, 6) is -5.10. The van der Waals surface area contributed by atoms with Gasteiger partial charge >= 0.3 is 54.9 Å². The molecule has 0 saturated carbocycles. The number of alkyl halides is 3. The number of aromatic hydroxyl groups is 3. The predicted octanol–water partition coefficient (Wildman–Crippen LogP) is 10.7. The Labute approximate surface area is 811 Å². The quantitative estimate of drug-likeness (QED) is 0.0185. The van der Waals surface area contributed by atoms with E-state index in [1.807, 2.05) is 65.0 Å². The number of nitrogens with one attached hydrogen (secondary N) is 2. The van der Waals surface area contributed by atoms with Gasteiger partial charge in [-0.2, -0.15) is 13.2 Å². The number of methoxy groups -OCH3 is 4.